The fourth-order valence-electron chi connectivity index (χ4n) is 4.11. The summed E-state index contributed by atoms with van der Waals surface area (Å²) in [6.45, 7) is 3.62. The van der Waals surface area contributed by atoms with E-state index >= 15 is 0 Å². The molecule has 1 heterocycles. The second-order valence-electron chi connectivity index (χ2n) is 9.70. The number of esters is 4. The van der Waals surface area contributed by atoms with Crippen molar-refractivity contribution in [3.05, 3.63) is 21.8 Å². The number of amides is 3. The summed E-state index contributed by atoms with van der Waals surface area (Å²) in [5, 5.41) is 5.43. The predicted molar refractivity (Wildman–Crippen MR) is 193 cm³/mol. The average molecular weight is 1080 g/mol. The van der Waals surface area contributed by atoms with E-state index in [1.54, 1.807) is 4.90 Å². The molecule has 1 aromatic carbocycles. The SMILES string of the molecule is CC(=O)OCC(COC(C)=O)NC(=O)c1c(I)c(C(=O)NC(COC(C)=O)COC(C)=O)c(I)c(N2C(=O)CCC2CI)c1I. The first-order chi connectivity index (χ1) is 21.1. The third kappa shape index (κ3) is 11.6. The van der Waals surface area contributed by atoms with Gasteiger partial charge in [-0.05, 0) is 74.2 Å². The zero-order valence-electron chi connectivity index (χ0n) is 24.6. The summed E-state index contributed by atoms with van der Waals surface area (Å²) in [7, 11) is 0. The first kappa shape index (κ1) is 39.6. The number of nitrogens with one attached hydrogen (secondary N) is 2. The molecule has 18 heteroatoms. The van der Waals surface area contributed by atoms with Crippen molar-refractivity contribution in [2.24, 2.45) is 0 Å². The molecule has 1 fully saturated rings. The Hall–Kier alpha value is -1.57. The van der Waals surface area contributed by atoms with Crippen LogP contribution in [-0.2, 0) is 42.9 Å². The van der Waals surface area contributed by atoms with Gasteiger partial charge in [0.15, 0.2) is 0 Å². The van der Waals surface area contributed by atoms with Crippen LogP contribution in [0.1, 0.15) is 61.3 Å². The molecule has 1 atom stereocenters. The van der Waals surface area contributed by atoms with Gasteiger partial charge in [0.1, 0.15) is 26.4 Å². The molecule has 0 bridgehead atoms. The van der Waals surface area contributed by atoms with Gasteiger partial charge in [0.2, 0.25) is 5.91 Å². The van der Waals surface area contributed by atoms with Gasteiger partial charge in [0.05, 0.1) is 36.0 Å². The highest BCUT2D eigenvalue weighted by Crippen LogP contribution is 2.41. The number of carbonyl (C=O) groups is 7. The zero-order valence-corrected chi connectivity index (χ0v) is 33.3. The van der Waals surface area contributed by atoms with Crippen LogP contribution >= 0.6 is 90.4 Å². The third-order valence-corrected chi connectivity index (χ3v) is 10.3. The van der Waals surface area contributed by atoms with Crippen LogP contribution in [0.3, 0.4) is 0 Å². The summed E-state index contributed by atoms with van der Waals surface area (Å²) >= 11 is 7.98. The van der Waals surface area contributed by atoms with Crippen molar-refractivity contribution in [2.75, 3.05) is 35.8 Å². The zero-order chi connectivity index (χ0) is 34.0. The minimum absolute atomic E-state index is 0.0656. The average Bonchev–Trinajstić information content (AvgIpc) is 3.31. The summed E-state index contributed by atoms with van der Waals surface area (Å²) < 4.78 is 21.8. The molecule has 3 amide bonds. The molecule has 1 unspecified atom stereocenters. The van der Waals surface area contributed by atoms with Gasteiger partial charge in [-0.2, -0.15) is 0 Å². The van der Waals surface area contributed by atoms with Gasteiger partial charge in [-0.3, -0.25) is 33.6 Å². The van der Waals surface area contributed by atoms with Gasteiger partial charge in [-0.25, -0.2) is 0 Å². The number of hydrogen-bond acceptors (Lipinski definition) is 11. The van der Waals surface area contributed by atoms with Crippen LogP contribution in [0.25, 0.3) is 0 Å². The van der Waals surface area contributed by atoms with Gasteiger partial charge in [0, 0.05) is 48.2 Å². The van der Waals surface area contributed by atoms with Gasteiger partial charge in [-0.15, -0.1) is 0 Å². The van der Waals surface area contributed by atoms with E-state index in [0.29, 0.717) is 23.7 Å². The molecule has 14 nitrogen and oxygen atoms in total. The maximum absolute atomic E-state index is 13.9. The first-order valence-electron chi connectivity index (χ1n) is 13.3. The quantitative estimate of drug-likeness (QED) is 0.121. The van der Waals surface area contributed by atoms with Crippen molar-refractivity contribution >= 4 is 138 Å². The number of alkyl halides is 1. The summed E-state index contributed by atoms with van der Waals surface area (Å²) in [4.78, 5) is 88.4. The molecular formula is C27H31I4N3O11. The highest BCUT2D eigenvalue weighted by atomic mass is 127. The van der Waals surface area contributed by atoms with E-state index < -0.39 is 47.8 Å². The van der Waals surface area contributed by atoms with Gasteiger partial charge >= 0.3 is 23.9 Å². The van der Waals surface area contributed by atoms with Crippen LogP contribution in [0.15, 0.2) is 0 Å². The number of rotatable bonds is 14. The maximum atomic E-state index is 13.9. The molecule has 0 spiro atoms. The highest BCUT2D eigenvalue weighted by molar-refractivity contribution is 14.1. The fourth-order valence-corrected chi connectivity index (χ4v) is 9.61. The van der Waals surface area contributed by atoms with Crippen LogP contribution < -0.4 is 15.5 Å². The minimum atomic E-state index is -0.927. The summed E-state index contributed by atoms with van der Waals surface area (Å²) in [6, 6.07) is -2.04. The second-order valence-corrected chi connectivity index (χ2v) is 13.8. The van der Waals surface area contributed by atoms with E-state index in [1.807, 2.05) is 67.8 Å². The van der Waals surface area contributed by atoms with Crippen molar-refractivity contribution in [1.29, 1.82) is 0 Å². The molecule has 0 aromatic heterocycles. The summed E-state index contributed by atoms with van der Waals surface area (Å²) in [5.41, 5.74) is 0.510. The lowest BCUT2D eigenvalue weighted by Gasteiger charge is -2.29. The number of anilines is 1. The van der Waals surface area contributed by atoms with Crippen LogP contribution in [0.5, 0.6) is 0 Å². The van der Waals surface area contributed by atoms with Crippen molar-refractivity contribution in [3.8, 4) is 0 Å². The fraction of sp³-hybridized carbons (Fsp3) is 0.519. The number of carbonyl (C=O) groups excluding carboxylic acids is 7. The van der Waals surface area contributed by atoms with Gasteiger partial charge in [-0.1, -0.05) is 22.6 Å². The minimum Gasteiger partial charge on any atom is -0.464 e. The lowest BCUT2D eigenvalue weighted by atomic mass is 10.1. The van der Waals surface area contributed by atoms with E-state index in [1.165, 1.54) is 27.7 Å². The molecular weight excluding hydrogens is 1050 g/mol. The van der Waals surface area contributed by atoms with Crippen LogP contribution in [0, 0.1) is 10.7 Å². The molecule has 0 radical (unpaired) electrons. The topological polar surface area (TPSA) is 184 Å². The molecule has 2 rings (SSSR count). The summed E-state index contributed by atoms with van der Waals surface area (Å²) in [5.74, 6) is -3.94. The Morgan fingerprint density at radius 3 is 1.38 bits per heavy atom. The van der Waals surface area contributed by atoms with Crippen molar-refractivity contribution in [2.45, 2.75) is 58.7 Å². The molecule has 1 aromatic rings. The molecule has 0 saturated carbocycles. The van der Waals surface area contributed by atoms with E-state index in [-0.39, 0.29) is 59.5 Å². The lowest BCUT2D eigenvalue weighted by Crippen LogP contribution is -2.45. The third-order valence-electron chi connectivity index (χ3n) is 6.11. The molecule has 45 heavy (non-hydrogen) atoms. The molecule has 2 N–H and O–H groups in total. The monoisotopic (exact) mass is 1080 g/mol. The van der Waals surface area contributed by atoms with E-state index in [0.717, 1.165) is 0 Å². The molecule has 1 saturated heterocycles. The number of nitrogens with zero attached hydrogens (tertiary/aromatic N) is 1. The number of benzene rings is 1. The number of halogens is 4. The predicted octanol–water partition coefficient (Wildman–Crippen LogP) is 2.88. The Morgan fingerprint density at radius 1 is 0.711 bits per heavy atom. The lowest BCUT2D eigenvalue weighted by molar-refractivity contribution is -0.146. The van der Waals surface area contributed by atoms with Crippen molar-refractivity contribution in [3.63, 3.8) is 0 Å². The van der Waals surface area contributed by atoms with Crippen LogP contribution in [0.4, 0.5) is 5.69 Å². The Morgan fingerprint density at radius 2 is 1.07 bits per heavy atom. The Balaban J connectivity index is 2.68. The first-order valence-corrected chi connectivity index (χ1v) is 18.1. The molecule has 0 aliphatic carbocycles. The largest absolute Gasteiger partial charge is 0.464 e. The normalized spacial score (nSPS) is 14.3. The molecule has 248 valence electrons. The van der Waals surface area contributed by atoms with Crippen LogP contribution in [0.2, 0.25) is 0 Å². The molecule has 1 aliphatic heterocycles. The maximum Gasteiger partial charge on any atom is 0.302 e. The Labute approximate surface area is 314 Å². The highest BCUT2D eigenvalue weighted by Gasteiger charge is 2.38. The standard InChI is InChI=1S/C27H31I4N3O11/c1-12(35)42-8-16(9-43-13(2)36)32-26(40)20-22(29)21(27(41)33-17(10-44-14(3)37)11-45-15(4)38)24(31)25(23(20)30)34-18(7-28)5-6-19(34)39/h16-18H,5-11H2,1-4H3,(H,32,40)(H,33,41). The Kier molecular flexibility index (Phi) is 16.4. The number of ether oxygens (including phenoxy) is 4. The number of hydrogen-bond donors (Lipinski definition) is 2. The molecule has 1 aliphatic rings. The summed E-state index contributed by atoms with van der Waals surface area (Å²) in [6.07, 6.45) is 0.872. The van der Waals surface area contributed by atoms with E-state index in [2.05, 4.69) is 33.2 Å². The van der Waals surface area contributed by atoms with Gasteiger partial charge in [0.25, 0.3) is 11.8 Å². The van der Waals surface area contributed by atoms with Crippen molar-refractivity contribution in [1.82, 2.24) is 10.6 Å². The van der Waals surface area contributed by atoms with E-state index in [4.69, 9.17) is 18.9 Å². The van der Waals surface area contributed by atoms with Crippen LogP contribution in [-0.4, -0.2) is 90.6 Å². The second kappa shape index (κ2) is 18.7. The van der Waals surface area contributed by atoms with Crippen molar-refractivity contribution < 1.29 is 52.5 Å². The van der Waals surface area contributed by atoms with E-state index in [9.17, 15) is 33.6 Å². The van der Waals surface area contributed by atoms with Gasteiger partial charge < -0.3 is 34.5 Å². The Bertz CT molecular complexity index is 1240. The smallest absolute Gasteiger partial charge is 0.302 e.